The summed E-state index contributed by atoms with van der Waals surface area (Å²) in [4.78, 5) is 13.8. The molecular weight excluding hydrogens is 278 g/mol. The van der Waals surface area contributed by atoms with Crippen molar-refractivity contribution < 1.29 is 14.3 Å². The van der Waals surface area contributed by atoms with Crippen LogP contribution in [0.25, 0.3) is 6.08 Å². The quantitative estimate of drug-likeness (QED) is 0.794. The van der Waals surface area contributed by atoms with Crippen molar-refractivity contribution >= 4 is 17.7 Å². The fourth-order valence-electron chi connectivity index (χ4n) is 2.01. The van der Waals surface area contributed by atoms with E-state index >= 15 is 0 Å². The van der Waals surface area contributed by atoms with Crippen LogP contribution in [0.5, 0.6) is 11.5 Å². The van der Waals surface area contributed by atoms with Crippen molar-refractivity contribution in [3.05, 3.63) is 60.2 Å². The Morgan fingerprint density at radius 2 is 1.77 bits per heavy atom. The average molecular weight is 297 g/mol. The molecule has 0 fully saturated rings. The number of rotatable bonds is 5. The summed E-state index contributed by atoms with van der Waals surface area (Å²) in [7, 11) is 4.93. The van der Waals surface area contributed by atoms with Gasteiger partial charge in [-0.25, -0.2) is 0 Å². The molecule has 0 N–H and O–H groups in total. The first-order valence-electron chi connectivity index (χ1n) is 6.88. The molecule has 2 aromatic rings. The number of methoxy groups -OCH3 is 2. The van der Waals surface area contributed by atoms with E-state index in [0.717, 1.165) is 11.3 Å². The molecule has 0 aromatic heterocycles. The monoisotopic (exact) mass is 297 g/mol. The van der Waals surface area contributed by atoms with Crippen LogP contribution in [-0.2, 0) is 4.79 Å². The zero-order valence-corrected chi connectivity index (χ0v) is 12.9. The number of ether oxygens (including phenoxy) is 2. The highest BCUT2D eigenvalue weighted by molar-refractivity contribution is 6.03. The molecule has 0 saturated heterocycles. The SMILES string of the molecule is COc1ccc(/C=C/C(=O)N(C)c2ccccc2)c(OC)c1. The molecule has 0 aliphatic carbocycles. The van der Waals surface area contributed by atoms with Gasteiger partial charge in [-0.3, -0.25) is 4.79 Å². The molecule has 0 spiro atoms. The van der Waals surface area contributed by atoms with Gasteiger partial charge >= 0.3 is 0 Å². The van der Waals surface area contributed by atoms with Crippen molar-refractivity contribution in [1.29, 1.82) is 0 Å². The van der Waals surface area contributed by atoms with Crippen LogP contribution >= 0.6 is 0 Å². The molecule has 2 rings (SSSR count). The second-order valence-electron chi connectivity index (χ2n) is 4.67. The number of carbonyl (C=O) groups is 1. The van der Waals surface area contributed by atoms with Gasteiger partial charge in [-0.05, 0) is 30.3 Å². The highest BCUT2D eigenvalue weighted by atomic mass is 16.5. The molecule has 0 aliphatic rings. The van der Waals surface area contributed by atoms with Gasteiger partial charge in [0.2, 0.25) is 0 Å². The first-order valence-corrected chi connectivity index (χ1v) is 6.88. The van der Waals surface area contributed by atoms with Gasteiger partial charge in [0.05, 0.1) is 14.2 Å². The Balaban J connectivity index is 2.16. The minimum Gasteiger partial charge on any atom is -0.497 e. The number of anilines is 1. The topological polar surface area (TPSA) is 38.8 Å². The van der Waals surface area contributed by atoms with Crippen LogP contribution in [0, 0.1) is 0 Å². The molecule has 2 aromatic carbocycles. The average Bonchev–Trinajstić information content (AvgIpc) is 2.59. The van der Waals surface area contributed by atoms with Crippen LogP contribution in [0.3, 0.4) is 0 Å². The molecule has 0 aliphatic heterocycles. The van der Waals surface area contributed by atoms with Crippen molar-refractivity contribution in [3.8, 4) is 11.5 Å². The summed E-state index contributed by atoms with van der Waals surface area (Å²) in [6, 6.07) is 15.0. The maximum Gasteiger partial charge on any atom is 0.250 e. The molecule has 1 amide bonds. The molecule has 0 atom stereocenters. The summed E-state index contributed by atoms with van der Waals surface area (Å²) in [6.07, 6.45) is 3.26. The minimum atomic E-state index is -0.107. The molecule has 0 radical (unpaired) electrons. The van der Waals surface area contributed by atoms with Crippen molar-refractivity contribution in [2.45, 2.75) is 0 Å². The maximum absolute atomic E-state index is 12.2. The Morgan fingerprint density at radius 3 is 2.41 bits per heavy atom. The van der Waals surface area contributed by atoms with Gasteiger partial charge in [0.1, 0.15) is 11.5 Å². The number of carbonyl (C=O) groups excluding carboxylic acids is 1. The fraction of sp³-hybridized carbons (Fsp3) is 0.167. The van der Waals surface area contributed by atoms with E-state index in [0.29, 0.717) is 11.5 Å². The Labute approximate surface area is 130 Å². The highest BCUT2D eigenvalue weighted by Crippen LogP contribution is 2.25. The number of benzene rings is 2. The van der Waals surface area contributed by atoms with Gasteiger partial charge in [0.15, 0.2) is 0 Å². The summed E-state index contributed by atoms with van der Waals surface area (Å²) in [5.74, 6) is 1.26. The Hall–Kier alpha value is -2.75. The summed E-state index contributed by atoms with van der Waals surface area (Å²) < 4.78 is 10.5. The van der Waals surface area contributed by atoms with Gasteiger partial charge in [-0.1, -0.05) is 18.2 Å². The van der Waals surface area contributed by atoms with Gasteiger partial charge in [-0.15, -0.1) is 0 Å². The van der Waals surface area contributed by atoms with Crippen molar-refractivity contribution in [2.24, 2.45) is 0 Å². The number of likely N-dealkylation sites (N-methyl/N-ethyl adjacent to an activating group) is 1. The van der Waals surface area contributed by atoms with Gasteiger partial charge in [0.25, 0.3) is 5.91 Å². The zero-order valence-electron chi connectivity index (χ0n) is 12.9. The van der Waals surface area contributed by atoms with Crippen LogP contribution in [0.1, 0.15) is 5.56 Å². The number of para-hydroxylation sites is 1. The largest absolute Gasteiger partial charge is 0.497 e. The number of hydrogen-bond acceptors (Lipinski definition) is 3. The predicted octanol–water partition coefficient (Wildman–Crippen LogP) is 3.38. The lowest BCUT2D eigenvalue weighted by Crippen LogP contribution is -2.23. The third kappa shape index (κ3) is 3.67. The summed E-state index contributed by atoms with van der Waals surface area (Å²) >= 11 is 0. The van der Waals surface area contributed by atoms with E-state index < -0.39 is 0 Å². The van der Waals surface area contributed by atoms with Crippen molar-refractivity contribution in [3.63, 3.8) is 0 Å². The van der Waals surface area contributed by atoms with Gasteiger partial charge < -0.3 is 14.4 Å². The number of nitrogens with zero attached hydrogens (tertiary/aromatic N) is 1. The Morgan fingerprint density at radius 1 is 1.05 bits per heavy atom. The van der Waals surface area contributed by atoms with E-state index in [1.165, 1.54) is 6.08 Å². The molecule has 0 bridgehead atoms. The third-order valence-corrected chi connectivity index (χ3v) is 3.32. The van der Waals surface area contributed by atoms with Crippen molar-refractivity contribution in [1.82, 2.24) is 0 Å². The molecule has 114 valence electrons. The first kappa shape index (κ1) is 15.6. The maximum atomic E-state index is 12.2. The Bertz CT molecular complexity index is 665. The van der Waals surface area contributed by atoms with E-state index in [2.05, 4.69) is 0 Å². The van der Waals surface area contributed by atoms with Gasteiger partial charge in [-0.2, -0.15) is 0 Å². The lowest BCUT2D eigenvalue weighted by atomic mass is 10.1. The van der Waals surface area contributed by atoms with Crippen LogP contribution < -0.4 is 14.4 Å². The lowest BCUT2D eigenvalue weighted by molar-refractivity contribution is -0.113. The molecule has 22 heavy (non-hydrogen) atoms. The summed E-state index contributed by atoms with van der Waals surface area (Å²) in [5, 5.41) is 0. The normalized spacial score (nSPS) is 10.5. The fourth-order valence-corrected chi connectivity index (χ4v) is 2.01. The minimum absolute atomic E-state index is 0.107. The second-order valence-corrected chi connectivity index (χ2v) is 4.67. The summed E-state index contributed by atoms with van der Waals surface area (Å²) in [6.45, 7) is 0. The van der Waals surface area contributed by atoms with E-state index in [4.69, 9.17) is 9.47 Å². The third-order valence-electron chi connectivity index (χ3n) is 3.32. The molecule has 0 saturated carbocycles. The molecular formula is C18H19NO3. The van der Waals surface area contributed by atoms with Crippen molar-refractivity contribution in [2.75, 3.05) is 26.2 Å². The number of hydrogen-bond donors (Lipinski definition) is 0. The standard InChI is InChI=1S/C18H19NO3/c1-19(15-7-5-4-6-8-15)18(20)12-10-14-9-11-16(21-2)13-17(14)22-3/h4-13H,1-3H3/b12-10+. The molecule has 0 unspecified atom stereocenters. The van der Waals surface area contributed by atoms with Gasteiger partial charge in [0, 0.05) is 30.4 Å². The summed E-state index contributed by atoms with van der Waals surface area (Å²) in [5.41, 5.74) is 1.66. The smallest absolute Gasteiger partial charge is 0.250 e. The molecule has 0 heterocycles. The zero-order chi connectivity index (χ0) is 15.9. The van der Waals surface area contributed by atoms with Crippen LogP contribution in [0.4, 0.5) is 5.69 Å². The predicted molar refractivity (Wildman–Crippen MR) is 88.4 cm³/mol. The van der Waals surface area contributed by atoms with Crippen LogP contribution in [0.15, 0.2) is 54.6 Å². The Kier molecular flexibility index (Phi) is 5.20. The molecule has 4 heteroatoms. The molecule has 4 nitrogen and oxygen atoms in total. The second kappa shape index (κ2) is 7.31. The van der Waals surface area contributed by atoms with Crippen LogP contribution in [0.2, 0.25) is 0 Å². The van der Waals surface area contributed by atoms with E-state index in [1.807, 2.05) is 42.5 Å². The lowest BCUT2D eigenvalue weighted by Gasteiger charge is -2.15. The van der Waals surface area contributed by atoms with E-state index in [-0.39, 0.29) is 5.91 Å². The number of amides is 1. The highest BCUT2D eigenvalue weighted by Gasteiger charge is 2.08. The van der Waals surface area contributed by atoms with E-state index in [9.17, 15) is 4.79 Å². The van der Waals surface area contributed by atoms with Crippen LogP contribution in [-0.4, -0.2) is 27.2 Å². The first-order chi connectivity index (χ1) is 10.7. The van der Waals surface area contributed by atoms with E-state index in [1.54, 1.807) is 38.3 Å².